The van der Waals surface area contributed by atoms with Crippen molar-refractivity contribution in [2.45, 2.75) is 52.4 Å². The van der Waals surface area contributed by atoms with Gasteiger partial charge >= 0.3 is 0 Å². The van der Waals surface area contributed by atoms with Crippen molar-refractivity contribution in [1.82, 2.24) is 4.98 Å². The van der Waals surface area contributed by atoms with Crippen LogP contribution in [0.3, 0.4) is 0 Å². The number of hydrogen-bond acceptors (Lipinski definition) is 3. The average Bonchev–Trinajstić information content (AvgIpc) is 3.41. The molecular weight excluding hydrogens is 454 g/mol. The minimum atomic E-state index is 0.0398. The van der Waals surface area contributed by atoms with Crippen molar-refractivity contribution in [2.75, 3.05) is 6.54 Å². The molecule has 1 aromatic heterocycles. The second kappa shape index (κ2) is 10.7. The summed E-state index contributed by atoms with van der Waals surface area (Å²) in [5, 5.41) is 8.99. The molecule has 0 saturated heterocycles. The number of nitrogens with zero attached hydrogens (tertiary/aromatic N) is 1. The fourth-order valence-electron chi connectivity index (χ4n) is 5.82. The molecule has 4 aromatic rings. The Bertz CT molecular complexity index is 1510. The molecule has 0 radical (unpaired) electrons. The van der Waals surface area contributed by atoms with Gasteiger partial charge in [0.15, 0.2) is 5.43 Å². The van der Waals surface area contributed by atoms with Gasteiger partial charge in [0.05, 0.1) is 5.71 Å². The van der Waals surface area contributed by atoms with E-state index < -0.39 is 0 Å². The Morgan fingerprint density at radius 3 is 2.38 bits per heavy atom. The zero-order valence-electron chi connectivity index (χ0n) is 21.8. The fraction of sp³-hybridized carbons (Fsp3) is 0.303. The van der Waals surface area contributed by atoms with Crippen LogP contribution in [-0.4, -0.2) is 23.5 Å². The minimum Gasteiger partial charge on any atom is -0.361 e. The standard InChI is InChI=1S/C33H35N3O/c1-3-33(16-5-6-17-33)21-27-19-25(26-12-14-31-29(20-26)32(37)15-18-36-31)11-13-28(27)23-7-9-24(10-8-23)30(34)22-35-4-2/h7-15,18-20,22,34H,3-6,16-17,21H2,1-2H3,(H,36,37). The predicted octanol–water partition coefficient (Wildman–Crippen LogP) is 7.83. The topological polar surface area (TPSA) is 69.1 Å². The maximum absolute atomic E-state index is 12.5. The Morgan fingerprint density at radius 1 is 0.946 bits per heavy atom. The van der Waals surface area contributed by atoms with Crippen molar-refractivity contribution in [1.29, 1.82) is 5.41 Å². The summed E-state index contributed by atoms with van der Waals surface area (Å²) in [7, 11) is 0. The van der Waals surface area contributed by atoms with Crippen LogP contribution in [0.15, 0.2) is 82.7 Å². The summed E-state index contributed by atoms with van der Waals surface area (Å²) in [6, 6.07) is 22.8. The van der Waals surface area contributed by atoms with Crippen LogP contribution in [0.25, 0.3) is 33.2 Å². The third-order valence-corrected chi connectivity index (χ3v) is 8.09. The van der Waals surface area contributed by atoms with Crippen LogP contribution >= 0.6 is 0 Å². The molecular formula is C33H35N3O. The van der Waals surface area contributed by atoms with Crippen LogP contribution < -0.4 is 5.43 Å². The maximum Gasteiger partial charge on any atom is 0.189 e. The Kier molecular flexibility index (Phi) is 7.18. The van der Waals surface area contributed by atoms with E-state index in [1.165, 1.54) is 48.8 Å². The Hall–Kier alpha value is -3.79. The van der Waals surface area contributed by atoms with Gasteiger partial charge in [0.25, 0.3) is 0 Å². The lowest BCUT2D eigenvalue weighted by Gasteiger charge is -2.29. The molecule has 5 rings (SSSR count). The highest BCUT2D eigenvalue weighted by atomic mass is 16.1. The van der Waals surface area contributed by atoms with Gasteiger partial charge in [-0.25, -0.2) is 0 Å². The summed E-state index contributed by atoms with van der Waals surface area (Å²) in [4.78, 5) is 19.9. The van der Waals surface area contributed by atoms with Crippen LogP contribution in [0, 0.1) is 10.8 Å². The average molecular weight is 490 g/mol. The number of H-pyrrole nitrogens is 1. The minimum absolute atomic E-state index is 0.0398. The molecule has 0 unspecified atom stereocenters. The first-order valence-corrected chi connectivity index (χ1v) is 13.5. The van der Waals surface area contributed by atoms with Crippen molar-refractivity contribution in [3.8, 4) is 22.3 Å². The van der Waals surface area contributed by atoms with Crippen molar-refractivity contribution < 1.29 is 0 Å². The third kappa shape index (κ3) is 5.20. The molecule has 2 N–H and O–H groups in total. The van der Waals surface area contributed by atoms with E-state index in [-0.39, 0.29) is 5.43 Å². The number of nitrogens with one attached hydrogen (secondary N) is 2. The molecule has 0 amide bonds. The second-order valence-corrected chi connectivity index (χ2v) is 10.3. The lowest BCUT2D eigenvalue weighted by Crippen LogP contribution is -2.19. The Morgan fingerprint density at radius 2 is 1.65 bits per heavy atom. The molecule has 1 aliphatic rings. The number of fused-ring (bicyclic) bond motifs is 1. The van der Waals surface area contributed by atoms with Gasteiger partial charge in [-0.2, -0.15) is 0 Å². The van der Waals surface area contributed by atoms with Crippen molar-refractivity contribution in [3.05, 3.63) is 94.3 Å². The molecule has 1 heterocycles. The molecule has 4 nitrogen and oxygen atoms in total. The molecule has 0 aliphatic heterocycles. The van der Waals surface area contributed by atoms with Crippen LogP contribution in [0.2, 0.25) is 0 Å². The Labute approximate surface area is 219 Å². The summed E-state index contributed by atoms with van der Waals surface area (Å²) in [5.41, 5.74) is 8.55. The van der Waals surface area contributed by atoms with Gasteiger partial charge < -0.3 is 4.98 Å². The number of pyridine rings is 1. The highest BCUT2D eigenvalue weighted by Crippen LogP contribution is 2.45. The summed E-state index contributed by atoms with van der Waals surface area (Å²) < 4.78 is 0. The van der Waals surface area contributed by atoms with E-state index in [9.17, 15) is 4.79 Å². The normalized spacial score (nSPS) is 15.0. The first-order valence-electron chi connectivity index (χ1n) is 13.5. The van der Waals surface area contributed by atoms with Crippen LogP contribution in [0.4, 0.5) is 0 Å². The highest BCUT2D eigenvalue weighted by Gasteiger charge is 2.32. The molecule has 37 heavy (non-hydrogen) atoms. The molecule has 4 heteroatoms. The first-order chi connectivity index (χ1) is 18.0. The zero-order chi connectivity index (χ0) is 25.8. The van der Waals surface area contributed by atoms with Crippen molar-refractivity contribution in [3.63, 3.8) is 0 Å². The van der Waals surface area contributed by atoms with Crippen molar-refractivity contribution in [2.24, 2.45) is 10.4 Å². The van der Waals surface area contributed by atoms with E-state index in [1.54, 1.807) is 18.5 Å². The first kappa shape index (κ1) is 24.9. The smallest absolute Gasteiger partial charge is 0.189 e. The van der Waals surface area contributed by atoms with Gasteiger partial charge in [-0.15, -0.1) is 0 Å². The van der Waals surface area contributed by atoms with E-state index >= 15 is 0 Å². The van der Waals surface area contributed by atoms with E-state index in [2.05, 4.69) is 53.3 Å². The monoisotopic (exact) mass is 489 g/mol. The number of aromatic amines is 1. The fourth-order valence-corrected chi connectivity index (χ4v) is 5.82. The number of hydrogen-bond donors (Lipinski definition) is 2. The van der Waals surface area contributed by atoms with E-state index in [0.29, 0.717) is 17.7 Å². The van der Waals surface area contributed by atoms with Gasteiger partial charge in [-0.1, -0.05) is 74.7 Å². The largest absolute Gasteiger partial charge is 0.361 e. The van der Waals surface area contributed by atoms with E-state index in [0.717, 1.165) is 34.0 Å². The quantitative estimate of drug-likeness (QED) is 0.243. The number of aromatic nitrogens is 1. The number of aliphatic imine (C=N–C) groups is 1. The molecule has 0 bridgehead atoms. The van der Waals surface area contributed by atoms with Gasteiger partial charge in [0.1, 0.15) is 0 Å². The summed E-state index contributed by atoms with van der Waals surface area (Å²) in [6.45, 7) is 4.99. The van der Waals surface area contributed by atoms with Gasteiger partial charge in [0.2, 0.25) is 0 Å². The third-order valence-electron chi connectivity index (χ3n) is 8.09. The predicted molar refractivity (Wildman–Crippen MR) is 156 cm³/mol. The lowest BCUT2D eigenvalue weighted by atomic mass is 9.76. The van der Waals surface area contributed by atoms with Crippen molar-refractivity contribution >= 4 is 22.8 Å². The van der Waals surface area contributed by atoms with Crippen LogP contribution in [0.1, 0.15) is 57.1 Å². The highest BCUT2D eigenvalue weighted by molar-refractivity contribution is 6.36. The van der Waals surface area contributed by atoms with Gasteiger partial charge in [-0.3, -0.25) is 15.2 Å². The van der Waals surface area contributed by atoms with Crippen LogP contribution in [-0.2, 0) is 6.42 Å². The molecule has 0 atom stereocenters. The SMILES string of the molecule is CCN=CC(=N)c1ccc(-c2ccc(-c3ccc4[nH]ccc(=O)c4c3)cc2CC2(CC)CCCC2)cc1. The molecule has 1 aliphatic carbocycles. The lowest BCUT2D eigenvalue weighted by molar-refractivity contribution is 0.282. The van der Waals surface area contributed by atoms with Gasteiger partial charge in [0, 0.05) is 41.5 Å². The molecule has 1 fully saturated rings. The molecule has 1 saturated carbocycles. The maximum atomic E-state index is 12.5. The van der Waals surface area contributed by atoms with E-state index in [1.807, 2.05) is 31.2 Å². The Balaban J connectivity index is 1.57. The van der Waals surface area contributed by atoms with Gasteiger partial charge in [-0.05, 0) is 71.6 Å². The molecule has 188 valence electrons. The number of rotatable bonds is 8. The second-order valence-electron chi connectivity index (χ2n) is 10.3. The molecule has 3 aromatic carbocycles. The van der Waals surface area contributed by atoms with Crippen LogP contribution in [0.5, 0.6) is 0 Å². The summed E-state index contributed by atoms with van der Waals surface area (Å²) in [6.07, 6.45) is 10.8. The summed E-state index contributed by atoms with van der Waals surface area (Å²) in [5.74, 6) is 0. The van der Waals surface area contributed by atoms with E-state index in [4.69, 9.17) is 5.41 Å². The molecule has 0 spiro atoms. The zero-order valence-corrected chi connectivity index (χ0v) is 21.8. The number of benzene rings is 3. The summed E-state index contributed by atoms with van der Waals surface area (Å²) >= 11 is 0.